The minimum Gasteiger partial charge on any atom is -0.332 e. The van der Waals surface area contributed by atoms with Crippen LogP contribution in [0.4, 0.5) is 10.1 Å². The third-order valence-electron chi connectivity index (χ3n) is 4.30. The van der Waals surface area contributed by atoms with Gasteiger partial charge in [0.1, 0.15) is 11.1 Å². The Morgan fingerprint density at radius 2 is 1.77 bits per heavy atom. The monoisotopic (exact) mass is 474 g/mol. The van der Waals surface area contributed by atoms with Crippen molar-refractivity contribution in [2.24, 2.45) is 0 Å². The third-order valence-corrected chi connectivity index (χ3v) is 6.92. The van der Waals surface area contributed by atoms with E-state index in [4.69, 9.17) is 23.2 Å². The molecule has 2 amide bonds. The second-order valence-corrected chi connectivity index (χ2v) is 9.69. The molecule has 0 aliphatic carbocycles. The maximum Gasteiger partial charge on any atom is 0.244 e. The number of halogens is 3. The molecule has 0 fully saturated rings. The number of carbonyl (C=O) groups excluding carboxylic acids is 2. The summed E-state index contributed by atoms with van der Waals surface area (Å²) in [5, 5.41) is 1.77. The molecule has 162 valence electrons. The molecule has 30 heavy (non-hydrogen) atoms. The normalized spacial score (nSPS) is 12.3. The Morgan fingerprint density at radius 3 is 2.37 bits per heavy atom. The van der Waals surface area contributed by atoms with Crippen LogP contribution < -0.4 is 5.32 Å². The average Bonchev–Trinajstić information content (AvgIpc) is 2.69. The molecule has 2 aromatic rings. The van der Waals surface area contributed by atoms with E-state index in [0.29, 0.717) is 11.4 Å². The molecule has 0 saturated carbocycles. The van der Waals surface area contributed by atoms with Gasteiger partial charge in [-0.2, -0.15) is 0 Å². The molecule has 0 spiro atoms. The Balaban J connectivity index is 2.17. The Labute approximate surface area is 184 Å². The lowest BCUT2D eigenvalue weighted by Gasteiger charge is -2.25. The number of benzene rings is 2. The average molecular weight is 475 g/mol. The van der Waals surface area contributed by atoms with E-state index >= 15 is 0 Å². The van der Waals surface area contributed by atoms with E-state index in [1.165, 1.54) is 24.0 Å². The Morgan fingerprint density at radius 1 is 1.13 bits per heavy atom. The third kappa shape index (κ3) is 5.93. The van der Waals surface area contributed by atoms with Crippen LogP contribution in [0.1, 0.15) is 20.3 Å². The van der Waals surface area contributed by atoms with Crippen LogP contribution in [0.5, 0.6) is 0 Å². The predicted molar refractivity (Wildman–Crippen MR) is 115 cm³/mol. The van der Waals surface area contributed by atoms with Gasteiger partial charge >= 0.3 is 0 Å². The predicted octanol–water partition coefficient (Wildman–Crippen LogP) is 4.17. The van der Waals surface area contributed by atoms with E-state index < -0.39 is 32.7 Å². The number of carbonyl (C=O) groups is 2. The van der Waals surface area contributed by atoms with Gasteiger partial charge in [0.25, 0.3) is 0 Å². The molecule has 6 nitrogen and oxygen atoms in total. The first-order valence-corrected chi connectivity index (χ1v) is 11.4. The number of rotatable bonds is 8. The van der Waals surface area contributed by atoms with E-state index in [1.807, 2.05) is 0 Å². The highest BCUT2D eigenvalue weighted by atomic mass is 35.5. The van der Waals surface area contributed by atoms with Crippen molar-refractivity contribution < 1.29 is 22.4 Å². The first-order valence-electron chi connectivity index (χ1n) is 9.09. The first kappa shape index (κ1) is 24.1. The van der Waals surface area contributed by atoms with E-state index in [2.05, 4.69) is 5.32 Å². The van der Waals surface area contributed by atoms with Gasteiger partial charge in [-0.25, -0.2) is 12.8 Å². The number of amides is 2. The smallest absolute Gasteiger partial charge is 0.244 e. The van der Waals surface area contributed by atoms with Crippen molar-refractivity contribution in [3.63, 3.8) is 0 Å². The number of sulfone groups is 1. The summed E-state index contributed by atoms with van der Waals surface area (Å²) < 4.78 is 38.6. The van der Waals surface area contributed by atoms with Crippen molar-refractivity contribution in [2.75, 3.05) is 18.4 Å². The molecule has 0 saturated heterocycles. The maximum absolute atomic E-state index is 13.1. The number of hydrogen-bond acceptors (Lipinski definition) is 4. The molecule has 2 aromatic carbocycles. The lowest BCUT2D eigenvalue weighted by Crippen LogP contribution is -2.45. The van der Waals surface area contributed by atoms with Crippen LogP contribution in [0.25, 0.3) is 0 Å². The first-order chi connectivity index (χ1) is 14.1. The molecule has 1 unspecified atom stereocenters. The zero-order valence-corrected chi connectivity index (χ0v) is 18.7. The summed E-state index contributed by atoms with van der Waals surface area (Å²) >= 11 is 11.9. The van der Waals surface area contributed by atoms with Crippen LogP contribution >= 0.6 is 23.2 Å². The van der Waals surface area contributed by atoms with Crippen LogP contribution in [0, 0.1) is 5.82 Å². The van der Waals surface area contributed by atoms with E-state index in [0.717, 1.165) is 24.3 Å². The Bertz CT molecular complexity index is 1030. The molecule has 1 N–H and O–H groups in total. The highest BCUT2D eigenvalue weighted by Gasteiger charge is 2.33. The van der Waals surface area contributed by atoms with Gasteiger partial charge in [0.2, 0.25) is 11.8 Å². The quantitative estimate of drug-likeness (QED) is 0.581. The van der Waals surface area contributed by atoms with Gasteiger partial charge in [-0.15, -0.1) is 0 Å². The topological polar surface area (TPSA) is 83.6 Å². The van der Waals surface area contributed by atoms with Gasteiger partial charge in [0.05, 0.1) is 22.2 Å². The van der Waals surface area contributed by atoms with E-state index in [1.54, 1.807) is 13.0 Å². The van der Waals surface area contributed by atoms with Gasteiger partial charge in [0.15, 0.2) is 9.84 Å². The van der Waals surface area contributed by atoms with Crippen molar-refractivity contribution >= 4 is 50.5 Å². The minimum absolute atomic E-state index is 0.170. The summed E-state index contributed by atoms with van der Waals surface area (Å²) in [5.74, 6) is -1.86. The van der Waals surface area contributed by atoms with Crippen molar-refractivity contribution in [1.82, 2.24) is 4.90 Å². The van der Waals surface area contributed by atoms with Gasteiger partial charge in [-0.3, -0.25) is 9.59 Å². The van der Waals surface area contributed by atoms with Crippen molar-refractivity contribution in [3.8, 4) is 0 Å². The lowest BCUT2D eigenvalue weighted by molar-refractivity contribution is -0.134. The number of nitrogens with zero attached hydrogens (tertiary/aromatic N) is 1. The van der Waals surface area contributed by atoms with Crippen LogP contribution in [0.3, 0.4) is 0 Å². The SMILES string of the molecule is CCCN(CC(=O)Nc1cc(Cl)ccc1Cl)C(=O)C(C)S(=O)(=O)c1ccc(F)cc1. The zero-order chi connectivity index (χ0) is 22.5. The largest absolute Gasteiger partial charge is 0.332 e. The summed E-state index contributed by atoms with van der Waals surface area (Å²) in [6, 6.07) is 8.78. The molecule has 10 heteroatoms. The van der Waals surface area contributed by atoms with Crippen molar-refractivity contribution in [2.45, 2.75) is 30.4 Å². The molecule has 0 radical (unpaired) electrons. The second kappa shape index (κ2) is 10.2. The number of hydrogen-bond donors (Lipinski definition) is 1. The summed E-state index contributed by atoms with van der Waals surface area (Å²) in [4.78, 5) is 26.3. The molecule has 0 heterocycles. The molecule has 1 atom stereocenters. The fourth-order valence-corrected chi connectivity index (χ4v) is 4.39. The van der Waals surface area contributed by atoms with Crippen molar-refractivity contribution in [1.29, 1.82) is 0 Å². The van der Waals surface area contributed by atoms with Crippen LogP contribution in [0.2, 0.25) is 10.0 Å². The Hall–Kier alpha value is -2.16. The molecular weight excluding hydrogens is 454 g/mol. The van der Waals surface area contributed by atoms with E-state index in [-0.39, 0.29) is 28.7 Å². The van der Waals surface area contributed by atoms with Crippen molar-refractivity contribution in [3.05, 3.63) is 58.3 Å². The molecule has 0 aliphatic rings. The fraction of sp³-hybridized carbons (Fsp3) is 0.300. The molecule has 0 aromatic heterocycles. The van der Waals surface area contributed by atoms with Crippen LogP contribution in [-0.4, -0.2) is 43.5 Å². The molecule has 2 rings (SSSR count). The molecular formula is C20H21Cl2FN2O4S. The summed E-state index contributed by atoms with van der Waals surface area (Å²) in [6.07, 6.45) is 0.514. The molecule has 0 aliphatic heterocycles. The highest BCUT2D eigenvalue weighted by Crippen LogP contribution is 2.25. The van der Waals surface area contributed by atoms with E-state index in [9.17, 15) is 22.4 Å². The van der Waals surface area contributed by atoms with Gasteiger partial charge in [0, 0.05) is 11.6 Å². The summed E-state index contributed by atoms with van der Waals surface area (Å²) in [7, 11) is -4.05. The van der Waals surface area contributed by atoms with Crippen LogP contribution in [0.15, 0.2) is 47.4 Å². The number of anilines is 1. The van der Waals surface area contributed by atoms with Gasteiger partial charge in [-0.05, 0) is 55.8 Å². The maximum atomic E-state index is 13.1. The lowest BCUT2D eigenvalue weighted by atomic mass is 10.3. The molecule has 0 bridgehead atoms. The second-order valence-electron chi connectivity index (χ2n) is 6.57. The zero-order valence-electron chi connectivity index (χ0n) is 16.4. The summed E-state index contributed by atoms with van der Waals surface area (Å²) in [6.45, 7) is 2.86. The summed E-state index contributed by atoms with van der Waals surface area (Å²) in [5.41, 5.74) is 0.282. The standard InChI is InChI=1S/C20H21Cl2FN2O4S/c1-3-10-25(12-19(26)24-18-11-14(21)4-9-17(18)22)20(27)13(2)30(28,29)16-7-5-15(23)6-8-16/h4-9,11,13H,3,10,12H2,1-2H3,(H,24,26). The fourth-order valence-electron chi connectivity index (χ4n) is 2.71. The Kier molecular flexibility index (Phi) is 8.23. The minimum atomic E-state index is -4.05. The van der Waals surface area contributed by atoms with Gasteiger partial charge < -0.3 is 10.2 Å². The van der Waals surface area contributed by atoms with Crippen LogP contribution in [-0.2, 0) is 19.4 Å². The number of nitrogens with one attached hydrogen (secondary N) is 1. The van der Waals surface area contributed by atoms with Gasteiger partial charge in [-0.1, -0.05) is 30.1 Å². The highest BCUT2D eigenvalue weighted by molar-refractivity contribution is 7.92.